The van der Waals surface area contributed by atoms with Gasteiger partial charge in [-0.2, -0.15) is 0 Å². The van der Waals surface area contributed by atoms with Crippen molar-refractivity contribution in [3.05, 3.63) is 0 Å². The lowest BCUT2D eigenvalue weighted by atomic mass is 10.8. The highest BCUT2D eigenvalue weighted by Gasteiger charge is 2.57. The molecule has 5 heteroatoms. The molecule has 0 aromatic heterocycles. The molecule has 1 unspecified atom stereocenters. The molecule has 0 amide bonds. The summed E-state index contributed by atoms with van der Waals surface area (Å²) in [6, 6.07) is 0. The summed E-state index contributed by atoms with van der Waals surface area (Å²) < 4.78 is 0. The zero-order chi connectivity index (χ0) is 13.6. The molecule has 16 heavy (non-hydrogen) atoms. The van der Waals surface area contributed by atoms with Gasteiger partial charge >= 0.3 is 0 Å². The summed E-state index contributed by atoms with van der Waals surface area (Å²) in [6.45, 7) is 21.4. The van der Waals surface area contributed by atoms with Gasteiger partial charge in [0, 0.05) is 23.2 Å². The van der Waals surface area contributed by atoms with E-state index in [0.29, 0.717) is 5.16 Å². The second-order valence-electron chi connectivity index (χ2n) is 8.35. The first-order chi connectivity index (χ1) is 6.65. The molecule has 0 radical (unpaired) electrons. The van der Waals surface area contributed by atoms with E-state index >= 15 is 0 Å². The summed E-state index contributed by atoms with van der Waals surface area (Å²) in [5, 5.41) is 12.1. The Bertz CT molecular complexity index is 230. The zero-order valence-electron chi connectivity index (χ0n) is 13.0. The zero-order valence-corrected chi connectivity index (χ0v) is 18.0. The molecule has 0 aliphatic heterocycles. The Morgan fingerprint density at radius 2 is 1.06 bits per heavy atom. The van der Waals surface area contributed by atoms with Crippen LogP contribution < -0.4 is 0 Å². The molecule has 0 rings (SSSR count). The van der Waals surface area contributed by atoms with E-state index in [1.165, 1.54) is 0 Å². The molecule has 0 aromatic rings. The molecule has 1 nitrogen and oxygen atoms in total. The molecule has 0 heterocycles. The predicted molar refractivity (Wildman–Crippen MR) is 88.7 cm³/mol. The van der Waals surface area contributed by atoms with Gasteiger partial charge in [0.25, 0.3) is 0 Å². The van der Waals surface area contributed by atoms with Gasteiger partial charge in [0.2, 0.25) is 0 Å². The molecule has 0 bridgehead atoms. The predicted octanol–water partition coefficient (Wildman–Crippen LogP) is 2.50. The van der Waals surface area contributed by atoms with E-state index in [1.807, 2.05) is 0 Å². The van der Waals surface area contributed by atoms with Crippen molar-refractivity contribution in [3.63, 3.8) is 0 Å². The lowest BCUT2D eigenvalue weighted by Crippen LogP contribution is -2.71. The number of aliphatic hydroxyl groups is 1. The fraction of sp³-hybridized carbons (Fsp3) is 1.00. The van der Waals surface area contributed by atoms with Crippen LogP contribution in [-0.2, 0) is 0 Å². The van der Waals surface area contributed by atoms with E-state index in [0.717, 1.165) is 10.2 Å². The molecule has 0 saturated heterocycles. The Morgan fingerprint density at radius 3 is 1.12 bits per heavy atom. The first-order valence-electron chi connectivity index (χ1n) is 6.38. The van der Waals surface area contributed by atoms with Crippen LogP contribution in [0.2, 0.25) is 64.1 Å². The maximum absolute atomic E-state index is 11.5. The lowest BCUT2D eigenvalue weighted by Gasteiger charge is -2.55. The molecule has 0 aliphatic rings. The third-order valence-electron chi connectivity index (χ3n) is 4.21. The highest BCUT2D eigenvalue weighted by atomic mass is 28.4. The maximum Gasteiger partial charge on any atom is 0.0775 e. The normalized spacial score (nSPS) is 17.6. The second-order valence-corrected chi connectivity index (χ2v) is 27.3. The summed E-state index contributed by atoms with van der Waals surface area (Å²) in [4.78, 5) is -0.281. The molecule has 98 valence electrons. The van der Waals surface area contributed by atoms with Gasteiger partial charge in [-0.25, -0.2) is 0 Å². The van der Waals surface area contributed by atoms with Crippen LogP contribution in [0.25, 0.3) is 0 Å². The van der Waals surface area contributed by atoms with Gasteiger partial charge < -0.3 is 5.11 Å². The summed E-state index contributed by atoms with van der Waals surface area (Å²) in [7, 11) is -3.15. The Labute approximate surface area is 108 Å². The number of hydrogen-bond acceptors (Lipinski definition) is 1. The van der Waals surface area contributed by atoms with Crippen molar-refractivity contribution in [2.45, 2.75) is 68.9 Å². The topological polar surface area (TPSA) is 20.2 Å². The summed E-state index contributed by atoms with van der Waals surface area (Å²) >= 11 is 0. The van der Waals surface area contributed by atoms with Gasteiger partial charge in [-0.1, -0.05) is 58.9 Å². The Hall–Kier alpha value is 0.828. The van der Waals surface area contributed by atoms with E-state index in [4.69, 9.17) is 0 Å². The minimum atomic E-state index is -1.53. The van der Waals surface area contributed by atoms with Crippen molar-refractivity contribution >= 4 is 34.5 Å². The fourth-order valence-electron chi connectivity index (χ4n) is 3.05. The second kappa shape index (κ2) is 4.49. The molecule has 0 spiro atoms. The van der Waals surface area contributed by atoms with Gasteiger partial charge in [0.05, 0.1) is 16.1 Å². The number of rotatable bonds is 4. The van der Waals surface area contributed by atoms with Crippen LogP contribution in [0.3, 0.4) is 0 Å². The monoisotopic (exact) mass is 292 g/mol. The van der Waals surface area contributed by atoms with Gasteiger partial charge in [0.1, 0.15) is 0 Å². The lowest BCUT2D eigenvalue weighted by molar-refractivity contribution is 0.198. The van der Waals surface area contributed by atoms with Crippen LogP contribution in [-0.4, -0.2) is 44.4 Å². The average Bonchev–Trinajstić information content (AvgIpc) is 1.95. The minimum absolute atomic E-state index is 0.281. The van der Waals surface area contributed by atoms with Crippen LogP contribution in [0.4, 0.5) is 0 Å². The van der Waals surface area contributed by atoms with Gasteiger partial charge in [-0.05, 0) is 5.16 Å². The smallest absolute Gasteiger partial charge is 0.0775 e. The molecule has 1 N–H and O–H groups in total. The fourth-order valence-corrected chi connectivity index (χ4v) is 26.3. The molecule has 0 aromatic carbocycles. The van der Waals surface area contributed by atoms with E-state index in [1.54, 1.807) is 0 Å². The standard InChI is InChI=1S/C11H32OSi4/c1-14(2,3)10(13)11(12,15(4,5)6)16(7,8)9/h10,12H,1-9,13H3. The van der Waals surface area contributed by atoms with Crippen LogP contribution >= 0.6 is 0 Å². The highest BCUT2D eigenvalue weighted by molar-refractivity contribution is 7.02. The Kier molecular flexibility index (Phi) is 4.73. The van der Waals surface area contributed by atoms with Crippen molar-refractivity contribution in [3.8, 4) is 0 Å². The highest BCUT2D eigenvalue weighted by Crippen LogP contribution is 2.43. The van der Waals surface area contributed by atoms with Crippen molar-refractivity contribution < 1.29 is 5.11 Å². The van der Waals surface area contributed by atoms with Crippen molar-refractivity contribution in [1.82, 2.24) is 0 Å². The summed E-state index contributed by atoms with van der Waals surface area (Å²) in [5.41, 5.74) is 0. The molecule has 1 atom stereocenters. The van der Waals surface area contributed by atoms with Crippen molar-refractivity contribution in [2.75, 3.05) is 0 Å². The van der Waals surface area contributed by atoms with E-state index in [-0.39, 0.29) is 4.85 Å². The largest absolute Gasteiger partial charge is 0.397 e. The molecule has 0 aliphatic carbocycles. The van der Waals surface area contributed by atoms with Crippen molar-refractivity contribution in [1.29, 1.82) is 0 Å². The maximum atomic E-state index is 11.5. The van der Waals surface area contributed by atoms with Gasteiger partial charge in [-0.15, -0.1) is 0 Å². The molecular weight excluding hydrogens is 260 g/mol. The van der Waals surface area contributed by atoms with E-state index in [2.05, 4.69) is 58.9 Å². The molecule has 0 saturated carbocycles. The Balaban J connectivity index is 5.63. The van der Waals surface area contributed by atoms with Gasteiger partial charge in [-0.3, -0.25) is 0 Å². The van der Waals surface area contributed by atoms with Crippen LogP contribution in [0.5, 0.6) is 0 Å². The van der Waals surface area contributed by atoms with Crippen LogP contribution in [0.15, 0.2) is 0 Å². The van der Waals surface area contributed by atoms with E-state index < -0.39 is 24.2 Å². The first-order valence-corrected chi connectivity index (χ1v) is 18.1. The Morgan fingerprint density at radius 1 is 0.812 bits per heavy atom. The third kappa shape index (κ3) is 2.98. The SMILES string of the molecule is C[Si](C)(C)C([SiH3])C(O)([Si](C)(C)C)[Si](C)(C)C. The molecular formula is C11H32OSi4. The first kappa shape index (κ1) is 16.8. The van der Waals surface area contributed by atoms with Gasteiger partial charge in [0.15, 0.2) is 0 Å². The van der Waals surface area contributed by atoms with Crippen LogP contribution in [0.1, 0.15) is 0 Å². The molecule has 0 fully saturated rings. The third-order valence-corrected chi connectivity index (χ3v) is 24.9. The minimum Gasteiger partial charge on any atom is -0.397 e. The summed E-state index contributed by atoms with van der Waals surface area (Å²) in [5.74, 6) is 0. The average molecular weight is 293 g/mol. The van der Waals surface area contributed by atoms with E-state index in [9.17, 15) is 5.11 Å². The summed E-state index contributed by atoms with van der Waals surface area (Å²) in [6.07, 6.45) is 0. The number of hydrogen-bond donors (Lipinski definition) is 1. The van der Waals surface area contributed by atoms with Crippen LogP contribution in [0, 0.1) is 0 Å². The van der Waals surface area contributed by atoms with Crippen molar-refractivity contribution in [2.24, 2.45) is 0 Å². The quantitative estimate of drug-likeness (QED) is 0.790.